The van der Waals surface area contributed by atoms with Crippen molar-refractivity contribution in [3.63, 3.8) is 0 Å². The zero-order valence-electron chi connectivity index (χ0n) is 11.8. The molecule has 0 fully saturated rings. The first kappa shape index (κ1) is 16.3. The highest BCUT2D eigenvalue weighted by Crippen LogP contribution is 2.31. The van der Waals surface area contributed by atoms with Crippen LogP contribution in [0.25, 0.3) is 0 Å². The highest BCUT2D eigenvalue weighted by Gasteiger charge is 2.31. The molecule has 112 valence electrons. The second kappa shape index (κ2) is 6.63. The molecule has 0 aliphatic rings. The van der Waals surface area contributed by atoms with Crippen molar-refractivity contribution in [2.24, 2.45) is 0 Å². The van der Waals surface area contributed by atoms with Crippen molar-refractivity contribution >= 4 is 11.6 Å². The Bertz CT molecular complexity index is 472. The van der Waals surface area contributed by atoms with E-state index in [1.807, 2.05) is 13.8 Å². The molecule has 1 aromatic carbocycles. The number of anilines is 1. The van der Waals surface area contributed by atoms with E-state index in [1.54, 1.807) is 6.92 Å². The van der Waals surface area contributed by atoms with Crippen molar-refractivity contribution < 1.29 is 18.0 Å². The minimum absolute atomic E-state index is 0.0157. The third kappa shape index (κ3) is 4.15. The van der Waals surface area contributed by atoms with Gasteiger partial charge < -0.3 is 10.6 Å². The predicted octanol–water partition coefficient (Wildman–Crippen LogP) is 3.67. The van der Waals surface area contributed by atoms with E-state index in [0.29, 0.717) is 18.7 Å². The van der Waals surface area contributed by atoms with Crippen molar-refractivity contribution in [2.45, 2.75) is 39.4 Å². The van der Waals surface area contributed by atoms with Gasteiger partial charge in [0.1, 0.15) is 0 Å². The van der Waals surface area contributed by atoms with Crippen molar-refractivity contribution in [3.8, 4) is 0 Å². The molecular weight excluding hydrogens is 269 g/mol. The number of carbonyl (C=O) groups excluding carboxylic acids is 1. The zero-order valence-corrected chi connectivity index (χ0v) is 11.8. The fourth-order valence-electron chi connectivity index (χ4n) is 1.66. The quantitative estimate of drug-likeness (QED) is 0.868. The van der Waals surface area contributed by atoms with E-state index in [2.05, 4.69) is 10.6 Å². The van der Waals surface area contributed by atoms with Crippen LogP contribution in [0.3, 0.4) is 0 Å². The van der Waals surface area contributed by atoms with Crippen LogP contribution in [0.5, 0.6) is 0 Å². The van der Waals surface area contributed by atoms with Gasteiger partial charge in [-0.15, -0.1) is 0 Å². The van der Waals surface area contributed by atoms with Gasteiger partial charge in [-0.3, -0.25) is 4.79 Å². The first-order valence-corrected chi connectivity index (χ1v) is 6.55. The summed E-state index contributed by atoms with van der Waals surface area (Å²) in [6, 6.07) is 3.05. The molecule has 1 aromatic rings. The molecule has 2 N–H and O–H groups in total. The molecule has 3 nitrogen and oxygen atoms in total. The number of halogens is 3. The van der Waals surface area contributed by atoms with Crippen LogP contribution < -0.4 is 10.6 Å². The molecule has 0 saturated heterocycles. The Morgan fingerprint density at radius 2 is 1.95 bits per heavy atom. The molecular formula is C14H19F3N2O. The van der Waals surface area contributed by atoms with E-state index in [1.165, 1.54) is 6.07 Å². The highest BCUT2D eigenvalue weighted by atomic mass is 19.4. The number of amides is 1. The van der Waals surface area contributed by atoms with Gasteiger partial charge in [0.15, 0.2) is 0 Å². The average molecular weight is 288 g/mol. The summed E-state index contributed by atoms with van der Waals surface area (Å²) in [5, 5.41) is 5.58. The lowest BCUT2D eigenvalue weighted by Crippen LogP contribution is -2.32. The average Bonchev–Trinajstić information content (AvgIpc) is 2.37. The molecule has 0 radical (unpaired) electrons. The van der Waals surface area contributed by atoms with Gasteiger partial charge in [-0.05, 0) is 38.5 Å². The number of hydrogen-bond acceptors (Lipinski definition) is 2. The second-order valence-corrected chi connectivity index (χ2v) is 4.57. The Hall–Kier alpha value is -1.72. The molecule has 0 saturated carbocycles. The zero-order chi connectivity index (χ0) is 15.3. The fourth-order valence-corrected chi connectivity index (χ4v) is 1.66. The molecule has 0 aliphatic carbocycles. The molecule has 0 aromatic heterocycles. The first-order chi connectivity index (χ1) is 9.29. The normalized spacial score (nSPS) is 12.9. The molecule has 1 rings (SSSR count). The Balaban J connectivity index is 3.14. The lowest BCUT2D eigenvalue weighted by molar-refractivity contribution is -0.137. The van der Waals surface area contributed by atoms with E-state index < -0.39 is 17.6 Å². The summed E-state index contributed by atoms with van der Waals surface area (Å²) in [5.74, 6) is -0.499. The van der Waals surface area contributed by atoms with Gasteiger partial charge in [0.25, 0.3) is 5.91 Å². The largest absolute Gasteiger partial charge is 0.416 e. The maximum Gasteiger partial charge on any atom is 0.416 e. The van der Waals surface area contributed by atoms with Crippen molar-refractivity contribution in [3.05, 3.63) is 29.3 Å². The number of hydrogen-bond donors (Lipinski definition) is 2. The van der Waals surface area contributed by atoms with Crippen LogP contribution in [0.4, 0.5) is 18.9 Å². The third-order valence-electron chi connectivity index (χ3n) is 2.95. The number of carbonyl (C=O) groups is 1. The van der Waals surface area contributed by atoms with Gasteiger partial charge in [0, 0.05) is 18.3 Å². The van der Waals surface area contributed by atoms with E-state index in [4.69, 9.17) is 0 Å². The van der Waals surface area contributed by atoms with Gasteiger partial charge in [0.05, 0.1) is 11.1 Å². The summed E-state index contributed by atoms with van der Waals surface area (Å²) in [4.78, 5) is 12.1. The van der Waals surface area contributed by atoms with Crippen LogP contribution in [0, 0.1) is 0 Å². The first-order valence-electron chi connectivity index (χ1n) is 6.55. The van der Waals surface area contributed by atoms with Crippen LogP contribution in [-0.4, -0.2) is 18.5 Å². The summed E-state index contributed by atoms with van der Waals surface area (Å²) in [6.45, 7) is 6.03. The van der Waals surface area contributed by atoms with Gasteiger partial charge in [-0.25, -0.2) is 0 Å². The van der Waals surface area contributed by atoms with Crippen LogP contribution in [0.15, 0.2) is 18.2 Å². The third-order valence-corrected chi connectivity index (χ3v) is 2.95. The minimum Gasteiger partial charge on any atom is -0.385 e. The molecule has 20 heavy (non-hydrogen) atoms. The minimum atomic E-state index is -4.46. The van der Waals surface area contributed by atoms with Crippen LogP contribution >= 0.6 is 0 Å². The lowest BCUT2D eigenvalue weighted by atomic mass is 10.1. The molecule has 0 heterocycles. The SMILES string of the molecule is CCNc1ccc(C(F)(F)F)cc1C(=O)NC(C)CC. The molecule has 1 atom stereocenters. The topological polar surface area (TPSA) is 41.1 Å². The predicted molar refractivity (Wildman–Crippen MR) is 72.8 cm³/mol. The molecule has 0 aliphatic heterocycles. The number of rotatable bonds is 5. The van der Waals surface area contributed by atoms with Gasteiger partial charge in [-0.2, -0.15) is 13.2 Å². The molecule has 0 bridgehead atoms. The molecule has 6 heteroatoms. The maximum absolute atomic E-state index is 12.7. The summed E-state index contributed by atoms with van der Waals surface area (Å²) in [5.41, 5.74) is -0.406. The summed E-state index contributed by atoms with van der Waals surface area (Å²) in [7, 11) is 0. The summed E-state index contributed by atoms with van der Waals surface area (Å²) in [6.07, 6.45) is -3.75. The Labute approximate surface area is 116 Å². The Morgan fingerprint density at radius 3 is 2.45 bits per heavy atom. The maximum atomic E-state index is 12.7. The standard InChI is InChI=1S/C14H19F3N2O/c1-4-9(3)19-13(20)11-8-10(14(15,16)17)6-7-12(11)18-5-2/h6-9,18H,4-5H2,1-3H3,(H,19,20). The Morgan fingerprint density at radius 1 is 1.30 bits per heavy atom. The van der Waals surface area contributed by atoms with E-state index in [0.717, 1.165) is 12.1 Å². The van der Waals surface area contributed by atoms with Crippen LogP contribution in [0.2, 0.25) is 0 Å². The highest BCUT2D eigenvalue weighted by molar-refractivity contribution is 6.00. The fraction of sp³-hybridized carbons (Fsp3) is 0.500. The number of nitrogens with one attached hydrogen (secondary N) is 2. The lowest BCUT2D eigenvalue weighted by Gasteiger charge is -2.16. The van der Waals surface area contributed by atoms with Crippen LogP contribution in [-0.2, 0) is 6.18 Å². The molecule has 0 spiro atoms. The van der Waals surface area contributed by atoms with E-state index in [-0.39, 0.29) is 11.6 Å². The van der Waals surface area contributed by atoms with Crippen molar-refractivity contribution in [2.75, 3.05) is 11.9 Å². The van der Waals surface area contributed by atoms with Crippen molar-refractivity contribution in [1.82, 2.24) is 5.32 Å². The van der Waals surface area contributed by atoms with Gasteiger partial charge >= 0.3 is 6.18 Å². The second-order valence-electron chi connectivity index (χ2n) is 4.57. The molecule has 1 unspecified atom stereocenters. The van der Waals surface area contributed by atoms with E-state index in [9.17, 15) is 18.0 Å². The van der Waals surface area contributed by atoms with Gasteiger partial charge in [-0.1, -0.05) is 6.92 Å². The number of benzene rings is 1. The smallest absolute Gasteiger partial charge is 0.385 e. The van der Waals surface area contributed by atoms with E-state index >= 15 is 0 Å². The van der Waals surface area contributed by atoms with Crippen LogP contribution in [0.1, 0.15) is 43.1 Å². The Kier molecular flexibility index (Phi) is 5.42. The molecule has 1 amide bonds. The summed E-state index contributed by atoms with van der Waals surface area (Å²) >= 11 is 0. The van der Waals surface area contributed by atoms with Gasteiger partial charge in [0.2, 0.25) is 0 Å². The van der Waals surface area contributed by atoms with Crippen molar-refractivity contribution in [1.29, 1.82) is 0 Å². The summed E-state index contributed by atoms with van der Waals surface area (Å²) < 4.78 is 38.2. The number of alkyl halides is 3. The monoisotopic (exact) mass is 288 g/mol.